The van der Waals surface area contributed by atoms with E-state index < -0.39 is 0 Å². The molecule has 0 atom stereocenters. The molecule has 1 nitrogen and oxygen atoms in total. The van der Waals surface area contributed by atoms with Crippen molar-refractivity contribution in [1.29, 1.82) is 0 Å². The number of thiophene rings is 1. The van der Waals surface area contributed by atoms with Gasteiger partial charge in [-0.1, -0.05) is 84.9 Å². The number of para-hydroxylation sites is 1. The topological polar surface area (TPSA) is 4.93 Å². The Morgan fingerprint density at radius 1 is 0.389 bits per heavy atom. The smallest absolute Gasteiger partial charge is 0.0548 e. The van der Waals surface area contributed by atoms with Crippen molar-refractivity contribution in [3.63, 3.8) is 0 Å². The number of rotatable bonds is 1. The van der Waals surface area contributed by atoms with Gasteiger partial charge in [-0.15, -0.1) is 11.3 Å². The van der Waals surface area contributed by atoms with Crippen LogP contribution in [0.1, 0.15) is 0 Å². The van der Waals surface area contributed by atoms with Crippen LogP contribution in [0.2, 0.25) is 0 Å². The molecular weight excluding hydrogens is 454 g/mol. The lowest BCUT2D eigenvalue weighted by Crippen LogP contribution is -1.95. The van der Waals surface area contributed by atoms with E-state index in [4.69, 9.17) is 0 Å². The molecular formula is C34H19NS. The zero-order valence-electron chi connectivity index (χ0n) is 19.3. The van der Waals surface area contributed by atoms with Crippen molar-refractivity contribution >= 4 is 64.1 Å². The molecule has 0 saturated carbocycles. The molecule has 36 heavy (non-hydrogen) atoms. The standard InChI is InChI=1S/C34H19NS/c1-2-9-21-20(8-1)22-12-7-13-24-28(17-16-23(21)32(22)24)35-27-14-5-3-10-25(27)33-29(35)18-19-31-34(33)26-11-4-6-15-30(26)36-31/h1-19H. The van der Waals surface area contributed by atoms with Gasteiger partial charge in [-0.05, 0) is 58.0 Å². The Kier molecular flexibility index (Phi) is 3.47. The Morgan fingerprint density at radius 3 is 1.97 bits per heavy atom. The summed E-state index contributed by atoms with van der Waals surface area (Å²) in [6.45, 7) is 0. The summed E-state index contributed by atoms with van der Waals surface area (Å²) in [6.07, 6.45) is 0. The molecule has 0 unspecified atom stereocenters. The summed E-state index contributed by atoms with van der Waals surface area (Å²) in [6, 6.07) is 42.6. The van der Waals surface area contributed by atoms with Gasteiger partial charge in [0.2, 0.25) is 0 Å². The molecule has 0 amide bonds. The minimum atomic E-state index is 1.24. The molecule has 2 heterocycles. The van der Waals surface area contributed by atoms with Crippen molar-refractivity contribution in [1.82, 2.24) is 4.57 Å². The second kappa shape index (κ2) is 6.63. The number of fused-ring (bicyclic) bond motifs is 10. The van der Waals surface area contributed by atoms with Crippen LogP contribution < -0.4 is 0 Å². The van der Waals surface area contributed by atoms with Crippen molar-refractivity contribution in [2.24, 2.45) is 0 Å². The molecule has 1 aliphatic rings. The fourth-order valence-electron chi connectivity index (χ4n) is 6.52. The fraction of sp³-hybridized carbons (Fsp3) is 0. The highest BCUT2D eigenvalue weighted by Crippen LogP contribution is 2.49. The number of hydrogen-bond donors (Lipinski definition) is 0. The van der Waals surface area contributed by atoms with E-state index in [2.05, 4.69) is 120 Å². The third-order valence-corrected chi connectivity index (χ3v) is 9.08. The van der Waals surface area contributed by atoms with Gasteiger partial charge in [0.15, 0.2) is 0 Å². The molecule has 0 radical (unpaired) electrons. The highest BCUT2D eigenvalue weighted by molar-refractivity contribution is 7.26. The van der Waals surface area contributed by atoms with Crippen LogP contribution in [0.5, 0.6) is 0 Å². The van der Waals surface area contributed by atoms with E-state index in [1.807, 2.05) is 11.3 Å². The highest BCUT2D eigenvalue weighted by Gasteiger charge is 2.24. The molecule has 2 heteroatoms. The molecule has 0 spiro atoms. The van der Waals surface area contributed by atoms with Crippen molar-refractivity contribution in [3.8, 4) is 27.9 Å². The Balaban J connectivity index is 1.48. The lowest BCUT2D eigenvalue weighted by atomic mass is 10.0. The lowest BCUT2D eigenvalue weighted by molar-refractivity contribution is 1.20. The number of nitrogens with zero attached hydrogens (tertiary/aromatic N) is 1. The van der Waals surface area contributed by atoms with Gasteiger partial charge in [-0.2, -0.15) is 0 Å². The molecule has 6 aromatic carbocycles. The predicted molar refractivity (Wildman–Crippen MR) is 156 cm³/mol. The summed E-state index contributed by atoms with van der Waals surface area (Å²) in [5.74, 6) is 0. The van der Waals surface area contributed by atoms with Crippen molar-refractivity contribution in [2.45, 2.75) is 0 Å². The maximum Gasteiger partial charge on any atom is 0.0548 e. The fourth-order valence-corrected chi connectivity index (χ4v) is 7.64. The Hall–Kier alpha value is -4.40. The van der Waals surface area contributed by atoms with Gasteiger partial charge in [0, 0.05) is 36.3 Å². The van der Waals surface area contributed by atoms with E-state index >= 15 is 0 Å². The molecule has 0 aliphatic heterocycles. The van der Waals surface area contributed by atoms with Crippen LogP contribution >= 0.6 is 11.3 Å². The number of aromatic nitrogens is 1. The first-order valence-corrected chi connectivity index (χ1v) is 13.2. The van der Waals surface area contributed by atoms with Gasteiger partial charge in [-0.25, -0.2) is 0 Å². The normalized spacial score (nSPS) is 12.4. The first-order valence-electron chi connectivity index (χ1n) is 12.4. The van der Waals surface area contributed by atoms with E-state index in [9.17, 15) is 0 Å². The van der Waals surface area contributed by atoms with Crippen LogP contribution in [0.3, 0.4) is 0 Å². The molecule has 8 aromatic rings. The van der Waals surface area contributed by atoms with Gasteiger partial charge in [-0.3, -0.25) is 0 Å². The Morgan fingerprint density at radius 2 is 1.08 bits per heavy atom. The highest BCUT2D eigenvalue weighted by atomic mass is 32.1. The zero-order chi connectivity index (χ0) is 23.4. The van der Waals surface area contributed by atoms with Crippen LogP contribution in [-0.4, -0.2) is 4.57 Å². The summed E-state index contributed by atoms with van der Waals surface area (Å²) in [4.78, 5) is 0. The molecule has 1 aliphatic carbocycles. The van der Waals surface area contributed by atoms with Gasteiger partial charge < -0.3 is 4.57 Å². The van der Waals surface area contributed by atoms with Crippen molar-refractivity contribution in [3.05, 3.63) is 115 Å². The molecule has 0 fully saturated rings. The Labute approximate surface area is 211 Å². The summed E-state index contributed by atoms with van der Waals surface area (Å²) in [7, 11) is 0. The molecule has 0 bridgehead atoms. The van der Waals surface area contributed by atoms with E-state index in [0.717, 1.165) is 0 Å². The summed E-state index contributed by atoms with van der Waals surface area (Å²) in [5, 5.41) is 8.06. The van der Waals surface area contributed by atoms with E-state index in [-0.39, 0.29) is 0 Å². The molecule has 0 saturated heterocycles. The van der Waals surface area contributed by atoms with Crippen molar-refractivity contribution in [2.75, 3.05) is 0 Å². The summed E-state index contributed by atoms with van der Waals surface area (Å²) >= 11 is 1.89. The predicted octanol–water partition coefficient (Wildman–Crippen LogP) is 9.95. The van der Waals surface area contributed by atoms with Gasteiger partial charge in [0.05, 0.1) is 16.7 Å². The summed E-state index contributed by atoms with van der Waals surface area (Å²) in [5.41, 5.74) is 9.12. The Bertz CT molecular complexity index is 2180. The minimum absolute atomic E-state index is 1.24. The van der Waals surface area contributed by atoms with E-state index in [0.29, 0.717) is 0 Å². The minimum Gasteiger partial charge on any atom is -0.309 e. The SMILES string of the molecule is c1ccc2c(c1)-c1cccc3c(-n4c5ccccc5c5c6c(ccc54)sc4ccccc46)ccc-2c13. The second-order valence-corrected chi connectivity index (χ2v) is 10.8. The number of benzene rings is 6. The van der Waals surface area contributed by atoms with E-state index in [1.165, 1.54) is 80.7 Å². The first kappa shape index (κ1) is 18.9. The van der Waals surface area contributed by atoms with Gasteiger partial charge >= 0.3 is 0 Å². The molecule has 0 N–H and O–H groups in total. The molecule has 9 rings (SSSR count). The second-order valence-electron chi connectivity index (χ2n) is 9.69. The lowest BCUT2D eigenvalue weighted by Gasteiger charge is -2.13. The maximum atomic E-state index is 2.49. The van der Waals surface area contributed by atoms with E-state index in [1.54, 1.807) is 0 Å². The third kappa shape index (κ3) is 2.21. The average molecular weight is 474 g/mol. The first-order chi connectivity index (χ1) is 17.9. The molecule has 2 aromatic heterocycles. The zero-order valence-corrected chi connectivity index (χ0v) is 20.1. The van der Waals surface area contributed by atoms with Crippen LogP contribution in [0, 0.1) is 0 Å². The summed E-state index contributed by atoms with van der Waals surface area (Å²) < 4.78 is 5.19. The van der Waals surface area contributed by atoms with Crippen LogP contribution in [0.4, 0.5) is 0 Å². The third-order valence-electron chi connectivity index (χ3n) is 7.94. The number of hydrogen-bond acceptors (Lipinski definition) is 1. The van der Waals surface area contributed by atoms with Crippen LogP contribution in [0.15, 0.2) is 115 Å². The molecule has 166 valence electrons. The monoisotopic (exact) mass is 473 g/mol. The largest absolute Gasteiger partial charge is 0.309 e. The van der Waals surface area contributed by atoms with Crippen LogP contribution in [-0.2, 0) is 0 Å². The maximum absolute atomic E-state index is 2.49. The van der Waals surface area contributed by atoms with Crippen molar-refractivity contribution < 1.29 is 0 Å². The van der Waals surface area contributed by atoms with Crippen LogP contribution in [0.25, 0.3) is 80.7 Å². The van der Waals surface area contributed by atoms with Gasteiger partial charge in [0.25, 0.3) is 0 Å². The quantitative estimate of drug-likeness (QED) is 0.223. The van der Waals surface area contributed by atoms with Gasteiger partial charge in [0.1, 0.15) is 0 Å². The average Bonchev–Trinajstić information content (AvgIpc) is 3.58.